The Morgan fingerprint density at radius 3 is 3.00 bits per heavy atom. The summed E-state index contributed by atoms with van der Waals surface area (Å²) in [4.78, 5) is 6.17. The number of aliphatic hydroxyl groups excluding tert-OH is 1. The van der Waals surface area contributed by atoms with Crippen LogP contribution in [0.4, 0.5) is 0 Å². The predicted molar refractivity (Wildman–Crippen MR) is 79.6 cm³/mol. The Kier molecular flexibility index (Phi) is 3.73. The van der Waals surface area contributed by atoms with Crippen molar-refractivity contribution in [3.8, 4) is 0 Å². The van der Waals surface area contributed by atoms with Crippen LogP contribution in [-0.2, 0) is 6.61 Å². The third-order valence-corrected chi connectivity index (χ3v) is 5.09. The van der Waals surface area contributed by atoms with Crippen LogP contribution < -0.4 is 0 Å². The van der Waals surface area contributed by atoms with Crippen molar-refractivity contribution in [1.29, 1.82) is 0 Å². The molecular weight excluding hydrogens is 323 g/mol. The van der Waals surface area contributed by atoms with E-state index in [0.717, 1.165) is 20.6 Å². The molecule has 0 amide bonds. The molecule has 3 rings (SSSR count). The Morgan fingerprint density at radius 1 is 1.37 bits per heavy atom. The van der Waals surface area contributed by atoms with Gasteiger partial charge in [-0.3, -0.25) is 4.40 Å². The molecule has 0 spiro atoms. The first kappa shape index (κ1) is 13.3. The molecule has 98 valence electrons. The number of benzene rings is 1. The summed E-state index contributed by atoms with van der Waals surface area (Å²) < 4.78 is 1.88. The molecule has 0 aliphatic rings. The molecule has 2 heterocycles. The standard InChI is InChI=1S/C12H8Cl2N2OS2/c13-7-1-2-8(14)10(5-7)19-11-9(6-17)16-3-4-18-12(16)15-11/h1-5,17H,6H2. The molecule has 0 saturated carbocycles. The van der Waals surface area contributed by atoms with Crippen molar-refractivity contribution in [2.45, 2.75) is 16.5 Å². The molecular formula is C12H8Cl2N2OS2. The summed E-state index contributed by atoms with van der Waals surface area (Å²) in [5.41, 5.74) is 0.761. The largest absolute Gasteiger partial charge is 0.390 e. The smallest absolute Gasteiger partial charge is 0.195 e. The number of hydrogen-bond donors (Lipinski definition) is 1. The molecule has 0 unspecified atom stereocenters. The van der Waals surface area contributed by atoms with Crippen LogP contribution in [0.25, 0.3) is 4.96 Å². The highest BCUT2D eigenvalue weighted by Crippen LogP contribution is 2.37. The lowest BCUT2D eigenvalue weighted by molar-refractivity contribution is 0.272. The van der Waals surface area contributed by atoms with Crippen LogP contribution in [-0.4, -0.2) is 14.5 Å². The van der Waals surface area contributed by atoms with E-state index < -0.39 is 0 Å². The SMILES string of the molecule is OCc1c(Sc2cc(Cl)ccc2Cl)nc2sccn12. The maximum absolute atomic E-state index is 9.50. The summed E-state index contributed by atoms with van der Waals surface area (Å²) in [7, 11) is 0. The van der Waals surface area contributed by atoms with Gasteiger partial charge in [0, 0.05) is 21.5 Å². The van der Waals surface area contributed by atoms with Gasteiger partial charge >= 0.3 is 0 Å². The molecule has 0 aliphatic carbocycles. The molecule has 0 bridgehead atoms. The zero-order chi connectivity index (χ0) is 13.4. The van der Waals surface area contributed by atoms with Gasteiger partial charge in [0.15, 0.2) is 4.96 Å². The maximum atomic E-state index is 9.50. The van der Waals surface area contributed by atoms with E-state index in [1.807, 2.05) is 16.0 Å². The minimum Gasteiger partial charge on any atom is -0.390 e. The topological polar surface area (TPSA) is 37.5 Å². The lowest BCUT2D eigenvalue weighted by Gasteiger charge is -2.04. The number of aliphatic hydroxyl groups is 1. The highest BCUT2D eigenvalue weighted by Gasteiger charge is 2.15. The van der Waals surface area contributed by atoms with Gasteiger partial charge in [0.2, 0.25) is 0 Å². The number of fused-ring (bicyclic) bond motifs is 1. The summed E-state index contributed by atoms with van der Waals surface area (Å²) in [5, 5.41) is 13.4. The van der Waals surface area contributed by atoms with E-state index in [-0.39, 0.29) is 6.61 Å². The van der Waals surface area contributed by atoms with Crippen molar-refractivity contribution < 1.29 is 5.11 Å². The maximum Gasteiger partial charge on any atom is 0.195 e. The Hall–Kier alpha value is -0.720. The fourth-order valence-corrected chi connectivity index (χ4v) is 3.93. The zero-order valence-corrected chi connectivity index (χ0v) is 12.7. The van der Waals surface area contributed by atoms with Gasteiger partial charge < -0.3 is 5.11 Å². The van der Waals surface area contributed by atoms with Crippen LogP contribution in [0.15, 0.2) is 39.7 Å². The fraction of sp³-hybridized carbons (Fsp3) is 0.0833. The second kappa shape index (κ2) is 5.34. The van der Waals surface area contributed by atoms with E-state index in [0.29, 0.717) is 10.0 Å². The van der Waals surface area contributed by atoms with Crippen molar-refractivity contribution in [3.63, 3.8) is 0 Å². The lowest BCUT2D eigenvalue weighted by Crippen LogP contribution is -1.90. The number of aromatic nitrogens is 2. The van der Waals surface area contributed by atoms with Gasteiger partial charge in [0.1, 0.15) is 5.03 Å². The number of halogens is 2. The number of thiazole rings is 1. The predicted octanol–water partition coefficient (Wildman–Crippen LogP) is 4.35. The van der Waals surface area contributed by atoms with E-state index in [4.69, 9.17) is 23.2 Å². The van der Waals surface area contributed by atoms with Gasteiger partial charge in [0.05, 0.1) is 17.3 Å². The van der Waals surface area contributed by atoms with Gasteiger partial charge in [-0.15, -0.1) is 11.3 Å². The molecule has 1 N–H and O–H groups in total. The zero-order valence-electron chi connectivity index (χ0n) is 9.51. The average molecular weight is 331 g/mol. The van der Waals surface area contributed by atoms with Gasteiger partial charge in [-0.25, -0.2) is 4.98 Å². The molecule has 1 aromatic carbocycles. The Morgan fingerprint density at radius 2 is 2.21 bits per heavy atom. The second-order valence-corrected chi connectivity index (χ2v) is 6.50. The summed E-state index contributed by atoms with van der Waals surface area (Å²) in [5.74, 6) is 0. The van der Waals surface area contributed by atoms with Crippen LogP contribution in [0.3, 0.4) is 0 Å². The number of imidazole rings is 1. The van der Waals surface area contributed by atoms with E-state index >= 15 is 0 Å². The van der Waals surface area contributed by atoms with Gasteiger partial charge in [-0.2, -0.15) is 0 Å². The van der Waals surface area contributed by atoms with E-state index in [1.54, 1.807) is 18.2 Å². The molecule has 0 aliphatic heterocycles. The van der Waals surface area contributed by atoms with E-state index in [2.05, 4.69) is 4.98 Å². The Balaban J connectivity index is 2.05. The first-order valence-corrected chi connectivity index (χ1v) is 7.82. The van der Waals surface area contributed by atoms with Gasteiger partial charge in [-0.1, -0.05) is 35.0 Å². The number of rotatable bonds is 3. The molecule has 0 fully saturated rings. The average Bonchev–Trinajstić information content (AvgIpc) is 2.94. The quantitative estimate of drug-likeness (QED) is 0.775. The van der Waals surface area contributed by atoms with E-state index in [9.17, 15) is 5.11 Å². The Bertz CT molecular complexity index is 738. The molecule has 3 aromatic rings. The highest BCUT2D eigenvalue weighted by molar-refractivity contribution is 7.99. The van der Waals surface area contributed by atoms with Crippen molar-refractivity contribution in [3.05, 3.63) is 45.5 Å². The minimum atomic E-state index is -0.0710. The molecule has 2 aromatic heterocycles. The van der Waals surface area contributed by atoms with Gasteiger partial charge in [0.25, 0.3) is 0 Å². The molecule has 0 atom stereocenters. The van der Waals surface area contributed by atoms with Crippen LogP contribution in [0.5, 0.6) is 0 Å². The van der Waals surface area contributed by atoms with Crippen LogP contribution in [0, 0.1) is 0 Å². The van der Waals surface area contributed by atoms with Crippen LogP contribution in [0.2, 0.25) is 10.0 Å². The summed E-state index contributed by atoms with van der Waals surface area (Å²) >= 11 is 15.0. The number of hydrogen-bond acceptors (Lipinski definition) is 4. The molecule has 7 heteroatoms. The van der Waals surface area contributed by atoms with Crippen molar-refractivity contribution in [1.82, 2.24) is 9.38 Å². The summed E-state index contributed by atoms with van der Waals surface area (Å²) in [6.07, 6.45) is 1.89. The first-order valence-electron chi connectivity index (χ1n) is 5.37. The number of nitrogens with zero attached hydrogens (tertiary/aromatic N) is 2. The summed E-state index contributed by atoms with van der Waals surface area (Å²) in [6, 6.07) is 5.29. The Labute approximate surface area is 127 Å². The molecule has 19 heavy (non-hydrogen) atoms. The third kappa shape index (κ3) is 2.49. The normalized spacial score (nSPS) is 11.3. The monoisotopic (exact) mass is 330 g/mol. The fourth-order valence-electron chi connectivity index (χ4n) is 1.70. The summed E-state index contributed by atoms with van der Waals surface area (Å²) in [6.45, 7) is -0.0710. The van der Waals surface area contributed by atoms with Crippen molar-refractivity contribution in [2.24, 2.45) is 0 Å². The van der Waals surface area contributed by atoms with Gasteiger partial charge in [-0.05, 0) is 18.2 Å². The minimum absolute atomic E-state index is 0.0710. The van der Waals surface area contributed by atoms with Crippen molar-refractivity contribution >= 4 is 51.3 Å². The highest BCUT2D eigenvalue weighted by atomic mass is 35.5. The third-order valence-electron chi connectivity index (χ3n) is 2.57. The molecule has 0 radical (unpaired) electrons. The van der Waals surface area contributed by atoms with Crippen LogP contribution in [0.1, 0.15) is 5.69 Å². The molecule has 3 nitrogen and oxygen atoms in total. The van der Waals surface area contributed by atoms with Crippen molar-refractivity contribution in [2.75, 3.05) is 0 Å². The molecule has 0 saturated heterocycles. The first-order chi connectivity index (χ1) is 9.19. The lowest BCUT2D eigenvalue weighted by atomic mass is 10.4. The second-order valence-electron chi connectivity index (χ2n) is 3.75. The van der Waals surface area contributed by atoms with Crippen LogP contribution >= 0.6 is 46.3 Å². The van der Waals surface area contributed by atoms with E-state index in [1.165, 1.54) is 23.1 Å².